The molecule has 3 aliphatic rings. The number of hydrogen-bond donors (Lipinski definition) is 1. The first-order chi connectivity index (χ1) is 13.5. The maximum absolute atomic E-state index is 14.0. The quantitative estimate of drug-likeness (QED) is 0.835. The van der Waals surface area contributed by atoms with Crippen molar-refractivity contribution in [1.82, 2.24) is 4.90 Å². The number of para-hydroxylation sites is 1. The molecule has 0 aromatic heterocycles. The molecular weight excluding hydrogens is 364 g/mol. The highest BCUT2D eigenvalue weighted by Gasteiger charge is 2.48. The van der Waals surface area contributed by atoms with Gasteiger partial charge in [0.1, 0.15) is 12.0 Å². The van der Waals surface area contributed by atoms with Crippen LogP contribution in [-0.2, 0) is 9.53 Å². The molecule has 2 heterocycles. The summed E-state index contributed by atoms with van der Waals surface area (Å²) in [5.74, 6) is -0.780. The van der Waals surface area contributed by atoms with Crippen molar-refractivity contribution in [2.24, 2.45) is 11.7 Å². The first-order valence-corrected chi connectivity index (χ1v) is 10.4. The van der Waals surface area contributed by atoms with Crippen molar-refractivity contribution in [3.05, 3.63) is 30.1 Å². The van der Waals surface area contributed by atoms with Crippen LogP contribution in [0, 0.1) is 11.7 Å². The number of piperidine rings is 2. The second kappa shape index (κ2) is 8.33. The molecule has 1 amide bonds. The van der Waals surface area contributed by atoms with E-state index >= 15 is 0 Å². The van der Waals surface area contributed by atoms with Crippen molar-refractivity contribution < 1.29 is 18.3 Å². The van der Waals surface area contributed by atoms with Gasteiger partial charge < -0.3 is 20.3 Å². The number of halogens is 2. The van der Waals surface area contributed by atoms with Gasteiger partial charge in [-0.15, -0.1) is 0 Å². The summed E-state index contributed by atoms with van der Waals surface area (Å²) >= 11 is 0. The lowest BCUT2D eigenvalue weighted by molar-refractivity contribution is -0.140. The van der Waals surface area contributed by atoms with E-state index < -0.39 is 12.1 Å². The van der Waals surface area contributed by atoms with E-state index in [2.05, 4.69) is 0 Å². The van der Waals surface area contributed by atoms with E-state index in [4.69, 9.17) is 10.5 Å². The van der Waals surface area contributed by atoms with E-state index in [9.17, 15) is 13.6 Å². The van der Waals surface area contributed by atoms with Crippen molar-refractivity contribution in [1.29, 1.82) is 0 Å². The zero-order valence-electron chi connectivity index (χ0n) is 16.1. The maximum Gasteiger partial charge on any atom is 0.229 e. The third kappa shape index (κ3) is 4.15. The molecular formula is C21H29F2N3O2. The van der Waals surface area contributed by atoms with Gasteiger partial charge in [-0.05, 0) is 44.2 Å². The molecule has 0 radical (unpaired) electrons. The van der Waals surface area contributed by atoms with Crippen molar-refractivity contribution in [2.45, 2.75) is 56.5 Å². The highest BCUT2D eigenvalue weighted by Crippen LogP contribution is 2.37. The number of benzene rings is 1. The minimum atomic E-state index is -0.991. The number of nitrogens with zero attached hydrogens (tertiary/aromatic N) is 2. The number of anilines is 1. The van der Waals surface area contributed by atoms with E-state index in [1.54, 1.807) is 17.0 Å². The molecule has 1 aliphatic carbocycles. The van der Waals surface area contributed by atoms with Gasteiger partial charge in [0.2, 0.25) is 5.91 Å². The molecule has 4 rings (SSSR count). The molecule has 1 saturated carbocycles. The summed E-state index contributed by atoms with van der Waals surface area (Å²) < 4.78 is 33.4. The van der Waals surface area contributed by atoms with Crippen molar-refractivity contribution >= 4 is 11.6 Å². The summed E-state index contributed by atoms with van der Waals surface area (Å²) in [6.07, 6.45) is 2.74. The highest BCUT2D eigenvalue weighted by atomic mass is 19.1. The number of alkyl halides is 1. The van der Waals surface area contributed by atoms with E-state index in [0.29, 0.717) is 25.3 Å². The number of carbonyl (C=O) groups is 1. The number of carbonyl (C=O) groups excluding carboxylic acids is 1. The van der Waals surface area contributed by atoms with Crippen LogP contribution in [0.25, 0.3) is 0 Å². The smallest absolute Gasteiger partial charge is 0.229 e. The van der Waals surface area contributed by atoms with Gasteiger partial charge in [0.25, 0.3) is 0 Å². The van der Waals surface area contributed by atoms with Crippen LogP contribution < -0.4 is 10.6 Å². The van der Waals surface area contributed by atoms with Gasteiger partial charge in [0.05, 0.1) is 30.4 Å². The van der Waals surface area contributed by atoms with E-state index in [-0.39, 0.29) is 29.9 Å². The summed E-state index contributed by atoms with van der Waals surface area (Å²) in [4.78, 5) is 16.3. The molecule has 4 atom stereocenters. The molecule has 2 saturated heterocycles. The van der Waals surface area contributed by atoms with Gasteiger partial charge in [-0.3, -0.25) is 4.79 Å². The summed E-state index contributed by atoms with van der Waals surface area (Å²) in [6.45, 7) is 2.49. The Balaban J connectivity index is 1.30. The molecule has 5 nitrogen and oxygen atoms in total. The van der Waals surface area contributed by atoms with E-state index in [0.717, 1.165) is 38.8 Å². The van der Waals surface area contributed by atoms with Crippen LogP contribution in [0.4, 0.5) is 14.5 Å². The summed E-state index contributed by atoms with van der Waals surface area (Å²) in [5.41, 5.74) is 6.91. The Labute approximate surface area is 164 Å². The summed E-state index contributed by atoms with van der Waals surface area (Å²) in [7, 11) is 0. The Morgan fingerprint density at radius 3 is 2.57 bits per heavy atom. The minimum Gasteiger partial charge on any atom is -0.376 e. The van der Waals surface area contributed by atoms with Crippen LogP contribution in [0.15, 0.2) is 24.3 Å². The number of ether oxygens (including phenoxy) is 1. The van der Waals surface area contributed by atoms with Crippen LogP contribution in [0.5, 0.6) is 0 Å². The lowest BCUT2D eigenvalue weighted by Crippen LogP contribution is -2.57. The first kappa shape index (κ1) is 19.6. The second-order valence-electron chi connectivity index (χ2n) is 8.23. The second-order valence-corrected chi connectivity index (χ2v) is 8.23. The maximum atomic E-state index is 14.0. The molecule has 1 aromatic carbocycles. The molecule has 2 N–H and O–H groups in total. The standard InChI is InChI=1S/C21H29F2N3O2/c22-16-4-1-2-6-19(16)25-10-7-14(8-11-25)28-13-20-18(24)5-3-9-26(20)21(27)15-12-17(15)23/h1-2,4,6,14-15,17-18,20H,3,5,7-13,24H2/t15-,17+,18+,20+/m1/s1. The van der Waals surface area contributed by atoms with Gasteiger partial charge in [0, 0.05) is 25.7 Å². The molecule has 0 bridgehead atoms. The van der Waals surface area contributed by atoms with Crippen LogP contribution >= 0.6 is 0 Å². The fourth-order valence-electron chi connectivity index (χ4n) is 4.41. The lowest BCUT2D eigenvalue weighted by Gasteiger charge is -2.41. The minimum absolute atomic E-state index is 0.0731. The van der Waals surface area contributed by atoms with Crippen molar-refractivity contribution in [3.8, 4) is 0 Å². The Kier molecular flexibility index (Phi) is 5.83. The van der Waals surface area contributed by atoms with Crippen molar-refractivity contribution in [3.63, 3.8) is 0 Å². The topological polar surface area (TPSA) is 58.8 Å². The molecule has 7 heteroatoms. The normalized spacial score (nSPS) is 31.1. The number of amides is 1. The van der Waals surface area contributed by atoms with Gasteiger partial charge >= 0.3 is 0 Å². The zero-order chi connectivity index (χ0) is 19.7. The van der Waals surface area contributed by atoms with Gasteiger partial charge in [-0.25, -0.2) is 8.78 Å². The average molecular weight is 393 g/mol. The van der Waals surface area contributed by atoms with Gasteiger partial charge in [0.15, 0.2) is 0 Å². The predicted molar refractivity (Wildman–Crippen MR) is 103 cm³/mol. The fourth-order valence-corrected chi connectivity index (χ4v) is 4.41. The molecule has 1 aromatic rings. The third-order valence-corrected chi connectivity index (χ3v) is 6.28. The predicted octanol–water partition coefficient (Wildman–Crippen LogP) is 2.49. The average Bonchev–Trinajstić information content (AvgIpc) is 3.44. The zero-order valence-corrected chi connectivity index (χ0v) is 16.1. The number of hydrogen-bond acceptors (Lipinski definition) is 4. The Bertz CT molecular complexity index is 696. The molecule has 28 heavy (non-hydrogen) atoms. The largest absolute Gasteiger partial charge is 0.376 e. The summed E-state index contributed by atoms with van der Waals surface area (Å²) in [6, 6.07) is 6.51. The number of nitrogens with two attached hydrogens (primary N) is 1. The third-order valence-electron chi connectivity index (χ3n) is 6.28. The summed E-state index contributed by atoms with van der Waals surface area (Å²) in [5, 5.41) is 0. The fraction of sp³-hybridized carbons (Fsp3) is 0.667. The Morgan fingerprint density at radius 1 is 1.18 bits per heavy atom. The SMILES string of the molecule is N[C@H]1CCCN(C(=O)[C@@H]2C[C@@H]2F)[C@H]1COC1CCN(c2ccccc2F)CC1. The molecule has 2 aliphatic heterocycles. The lowest BCUT2D eigenvalue weighted by atomic mass is 9.96. The van der Waals surface area contributed by atoms with Crippen LogP contribution in [-0.4, -0.2) is 61.4 Å². The molecule has 154 valence electrons. The van der Waals surface area contributed by atoms with Gasteiger partial charge in [-0.1, -0.05) is 12.1 Å². The Morgan fingerprint density at radius 2 is 1.89 bits per heavy atom. The molecule has 0 unspecified atom stereocenters. The van der Waals surface area contributed by atoms with Crippen LogP contribution in [0.3, 0.4) is 0 Å². The van der Waals surface area contributed by atoms with E-state index in [1.807, 2.05) is 11.0 Å². The first-order valence-electron chi connectivity index (χ1n) is 10.4. The van der Waals surface area contributed by atoms with Crippen LogP contribution in [0.1, 0.15) is 32.1 Å². The monoisotopic (exact) mass is 393 g/mol. The molecule has 3 fully saturated rings. The highest BCUT2D eigenvalue weighted by molar-refractivity contribution is 5.82. The van der Waals surface area contributed by atoms with Crippen LogP contribution in [0.2, 0.25) is 0 Å². The number of likely N-dealkylation sites (tertiary alicyclic amines) is 1. The van der Waals surface area contributed by atoms with Crippen molar-refractivity contribution in [2.75, 3.05) is 31.1 Å². The molecule has 0 spiro atoms. The van der Waals surface area contributed by atoms with Gasteiger partial charge in [-0.2, -0.15) is 0 Å². The number of rotatable bonds is 5. The van der Waals surface area contributed by atoms with E-state index in [1.165, 1.54) is 6.07 Å². The Hall–Kier alpha value is -1.73.